The Labute approximate surface area is 91.3 Å². The second-order valence-electron chi connectivity index (χ2n) is 3.60. The van der Waals surface area contributed by atoms with Crippen molar-refractivity contribution in [2.45, 2.75) is 33.1 Å². The van der Waals surface area contributed by atoms with Crippen LogP contribution in [0.1, 0.15) is 32.3 Å². The molecule has 0 N–H and O–H groups in total. The summed E-state index contributed by atoms with van der Waals surface area (Å²) >= 11 is 0. The molecule has 0 amide bonds. The Balaban J connectivity index is 2.55. The fourth-order valence-electron chi connectivity index (χ4n) is 1.53. The molecule has 15 heavy (non-hydrogen) atoms. The van der Waals surface area contributed by atoms with Crippen molar-refractivity contribution in [3.63, 3.8) is 0 Å². The number of benzene rings is 1. The lowest BCUT2D eigenvalue weighted by Gasteiger charge is -2.09. The minimum atomic E-state index is 0.254. The van der Waals surface area contributed by atoms with Crippen LogP contribution < -0.4 is 4.74 Å². The zero-order valence-electron chi connectivity index (χ0n) is 9.45. The molecule has 0 aliphatic heterocycles. The van der Waals surface area contributed by atoms with Crippen LogP contribution in [0.3, 0.4) is 0 Å². The molecular weight excluding hydrogens is 188 g/mol. The fourth-order valence-corrected chi connectivity index (χ4v) is 1.53. The highest BCUT2D eigenvalue weighted by Gasteiger charge is 2.02. The molecule has 0 aromatic heterocycles. The van der Waals surface area contributed by atoms with Gasteiger partial charge in [-0.05, 0) is 38.3 Å². The predicted molar refractivity (Wildman–Crippen MR) is 61.2 cm³/mol. The minimum Gasteiger partial charge on any atom is -0.494 e. The monoisotopic (exact) mass is 206 g/mol. The molecule has 2 heteroatoms. The van der Waals surface area contributed by atoms with E-state index in [-0.39, 0.29) is 5.78 Å². The summed E-state index contributed by atoms with van der Waals surface area (Å²) in [4.78, 5) is 10.8. The van der Waals surface area contributed by atoms with Crippen LogP contribution in [0.4, 0.5) is 0 Å². The van der Waals surface area contributed by atoms with Crippen LogP contribution in [0.25, 0.3) is 0 Å². The summed E-state index contributed by atoms with van der Waals surface area (Å²) in [6.45, 7) is 4.30. The van der Waals surface area contributed by atoms with Gasteiger partial charge in [-0.15, -0.1) is 0 Å². The van der Waals surface area contributed by atoms with E-state index in [1.54, 1.807) is 6.92 Å². The number of aryl methyl sites for hydroxylation is 1. The van der Waals surface area contributed by atoms with Gasteiger partial charge in [-0.3, -0.25) is 0 Å². The van der Waals surface area contributed by atoms with Crippen molar-refractivity contribution in [3.05, 3.63) is 29.8 Å². The summed E-state index contributed by atoms with van der Waals surface area (Å²) in [7, 11) is 0. The van der Waals surface area contributed by atoms with Crippen molar-refractivity contribution in [2.75, 3.05) is 6.61 Å². The van der Waals surface area contributed by atoms with Crippen LogP contribution in [0.5, 0.6) is 5.75 Å². The Morgan fingerprint density at radius 1 is 1.33 bits per heavy atom. The highest BCUT2D eigenvalue weighted by Crippen LogP contribution is 2.19. The van der Waals surface area contributed by atoms with Crippen molar-refractivity contribution in [1.29, 1.82) is 0 Å². The Bertz CT molecular complexity index is 318. The molecule has 0 bridgehead atoms. The van der Waals surface area contributed by atoms with E-state index in [4.69, 9.17) is 4.74 Å². The molecule has 0 aliphatic rings. The largest absolute Gasteiger partial charge is 0.494 e. The number of para-hydroxylation sites is 1. The van der Waals surface area contributed by atoms with Gasteiger partial charge < -0.3 is 9.53 Å². The van der Waals surface area contributed by atoms with Crippen LogP contribution in [0, 0.1) is 0 Å². The first-order valence-corrected chi connectivity index (χ1v) is 5.44. The first-order valence-electron chi connectivity index (χ1n) is 5.44. The molecule has 0 saturated heterocycles. The van der Waals surface area contributed by atoms with Crippen molar-refractivity contribution >= 4 is 5.78 Å². The Morgan fingerprint density at radius 3 is 2.73 bits per heavy atom. The third-order valence-electron chi connectivity index (χ3n) is 2.25. The van der Waals surface area contributed by atoms with Crippen LogP contribution >= 0.6 is 0 Å². The van der Waals surface area contributed by atoms with Gasteiger partial charge in [0.15, 0.2) is 0 Å². The molecule has 82 valence electrons. The second kappa shape index (κ2) is 6.23. The number of rotatable bonds is 6. The zero-order chi connectivity index (χ0) is 11.1. The molecule has 0 radical (unpaired) electrons. The SMILES string of the molecule is CCOc1ccccc1CCCC(C)=O. The van der Waals surface area contributed by atoms with Gasteiger partial charge in [0.25, 0.3) is 0 Å². The quantitative estimate of drug-likeness (QED) is 0.715. The van der Waals surface area contributed by atoms with Gasteiger partial charge in [0.2, 0.25) is 0 Å². The number of Topliss-reactive ketones (excluding diaryl/α,β-unsaturated/α-hetero) is 1. The number of hydrogen-bond acceptors (Lipinski definition) is 2. The first kappa shape index (κ1) is 11.8. The first-order chi connectivity index (χ1) is 7.24. The average molecular weight is 206 g/mol. The Morgan fingerprint density at radius 2 is 2.07 bits per heavy atom. The highest BCUT2D eigenvalue weighted by molar-refractivity contribution is 5.75. The summed E-state index contributed by atoms with van der Waals surface area (Å²) in [5, 5.41) is 0. The van der Waals surface area contributed by atoms with E-state index < -0.39 is 0 Å². The number of ether oxygens (including phenoxy) is 1. The number of ketones is 1. The van der Waals surface area contributed by atoms with Gasteiger partial charge in [-0.25, -0.2) is 0 Å². The van der Waals surface area contributed by atoms with Crippen LogP contribution in [0.15, 0.2) is 24.3 Å². The number of hydrogen-bond donors (Lipinski definition) is 0. The summed E-state index contributed by atoms with van der Waals surface area (Å²) < 4.78 is 5.51. The molecule has 1 aromatic rings. The Kier molecular flexibility index (Phi) is 4.88. The molecule has 0 fully saturated rings. The van der Waals surface area contributed by atoms with Crippen LogP contribution in [-0.4, -0.2) is 12.4 Å². The smallest absolute Gasteiger partial charge is 0.129 e. The average Bonchev–Trinajstić information content (AvgIpc) is 2.20. The molecule has 2 nitrogen and oxygen atoms in total. The molecule has 0 atom stereocenters. The molecule has 1 rings (SSSR count). The second-order valence-corrected chi connectivity index (χ2v) is 3.60. The van der Waals surface area contributed by atoms with Crippen molar-refractivity contribution in [3.8, 4) is 5.75 Å². The van der Waals surface area contributed by atoms with Gasteiger partial charge in [0.1, 0.15) is 11.5 Å². The maximum atomic E-state index is 10.8. The van der Waals surface area contributed by atoms with Gasteiger partial charge in [0, 0.05) is 6.42 Å². The molecule has 0 unspecified atom stereocenters. The number of carbonyl (C=O) groups is 1. The molecular formula is C13H18O2. The lowest BCUT2D eigenvalue weighted by molar-refractivity contribution is -0.117. The highest BCUT2D eigenvalue weighted by atomic mass is 16.5. The van der Waals surface area contributed by atoms with Gasteiger partial charge in [-0.2, -0.15) is 0 Å². The summed E-state index contributed by atoms with van der Waals surface area (Å²) in [6, 6.07) is 8.02. The Hall–Kier alpha value is -1.31. The van der Waals surface area contributed by atoms with E-state index >= 15 is 0 Å². The summed E-state index contributed by atoms with van der Waals surface area (Å²) in [6.07, 6.45) is 2.47. The maximum absolute atomic E-state index is 10.8. The third-order valence-corrected chi connectivity index (χ3v) is 2.25. The van der Waals surface area contributed by atoms with E-state index in [0.717, 1.165) is 18.6 Å². The van der Waals surface area contributed by atoms with E-state index in [0.29, 0.717) is 13.0 Å². The van der Waals surface area contributed by atoms with E-state index in [2.05, 4.69) is 6.07 Å². The molecule has 0 spiro atoms. The topological polar surface area (TPSA) is 26.3 Å². The standard InChI is InChI=1S/C13H18O2/c1-3-15-13-10-5-4-8-12(13)9-6-7-11(2)14/h4-5,8,10H,3,6-7,9H2,1-2H3. The van der Waals surface area contributed by atoms with E-state index in [1.807, 2.05) is 25.1 Å². The van der Waals surface area contributed by atoms with Gasteiger partial charge in [0.05, 0.1) is 6.61 Å². The van der Waals surface area contributed by atoms with Crippen LogP contribution in [0.2, 0.25) is 0 Å². The molecule has 0 saturated carbocycles. The maximum Gasteiger partial charge on any atom is 0.129 e. The summed E-state index contributed by atoms with van der Waals surface area (Å²) in [5.41, 5.74) is 1.20. The minimum absolute atomic E-state index is 0.254. The molecule has 0 heterocycles. The van der Waals surface area contributed by atoms with Crippen molar-refractivity contribution in [1.82, 2.24) is 0 Å². The van der Waals surface area contributed by atoms with E-state index in [9.17, 15) is 4.79 Å². The van der Waals surface area contributed by atoms with E-state index in [1.165, 1.54) is 5.56 Å². The predicted octanol–water partition coefficient (Wildman–Crippen LogP) is 3.00. The van der Waals surface area contributed by atoms with Crippen molar-refractivity contribution in [2.24, 2.45) is 0 Å². The van der Waals surface area contributed by atoms with Crippen LogP contribution in [-0.2, 0) is 11.2 Å². The third kappa shape index (κ3) is 4.15. The fraction of sp³-hybridized carbons (Fsp3) is 0.462. The molecule has 1 aromatic carbocycles. The lowest BCUT2D eigenvalue weighted by Crippen LogP contribution is -1.98. The van der Waals surface area contributed by atoms with Gasteiger partial charge >= 0.3 is 0 Å². The van der Waals surface area contributed by atoms with Gasteiger partial charge in [-0.1, -0.05) is 18.2 Å². The molecule has 0 aliphatic carbocycles. The zero-order valence-corrected chi connectivity index (χ0v) is 9.45. The van der Waals surface area contributed by atoms with Crippen molar-refractivity contribution < 1.29 is 9.53 Å². The summed E-state index contributed by atoms with van der Waals surface area (Å²) in [5.74, 6) is 1.20. The normalized spacial score (nSPS) is 10.0. The lowest BCUT2D eigenvalue weighted by atomic mass is 10.1. The number of carbonyl (C=O) groups excluding carboxylic acids is 1.